The lowest BCUT2D eigenvalue weighted by Gasteiger charge is -2.18. The van der Waals surface area contributed by atoms with Crippen LogP contribution in [0.1, 0.15) is 51.4 Å². The minimum Gasteiger partial charge on any atom is -0.481 e. The molecule has 1 N–H and O–H groups in total. The topological polar surface area (TPSA) is 74.7 Å². The van der Waals surface area contributed by atoms with E-state index >= 15 is 0 Å². The molecule has 0 atom stereocenters. The van der Waals surface area contributed by atoms with Crippen molar-refractivity contribution in [2.45, 2.75) is 51.4 Å². The molecule has 5 heteroatoms. The maximum Gasteiger partial charge on any atom is 0.303 e. The van der Waals surface area contributed by atoms with Crippen molar-refractivity contribution >= 4 is 17.8 Å². The second-order valence-electron chi connectivity index (χ2n) is 4.35. The summed E-state index contributed by atoms with van der Waals surface area (Å²) in [6.07, 6.45) is 4.70. The molecule has 2 amide bonds. The van der Waals surface area contributed by atoms with Gasteiger partial charge in [0, 0.05) is 25.8 Å². The van der Waals surface area contributed by atoms with Crippen LogP contribution in [0.5, 0.6) is 0 Å². The van der Waals surface area contributed by atoms with Crippen molar-refractivity contribution in [2.24, 2.45) is 0 Å². The summed E-state index contributed by atoms with van der Waals surface area (Å²) in [4.78, 5) is 34.9. The number of aliphatic carboxylic acids is 1. The molecule has 1 aliphatic heterocycles. The molecule has 0 aromatic heterocycles. The zero-order valence-corrected chi connectivity index (χ0v) is 9.98. The highest BCUT2D eigenvalue weighted by molar-refractivity contribution is 5.95. The maximum absolute atomic E-state index is 11.6. The van der Waals surface area contributed by atoms with Crippen molar-refractivity contribution in [1.29, 1.82) is 0 Å². The summed E-state index contributed by atoms with van der Waals surface area (Å²) in [6.45, 7) is 0.442. The van der Waals surface area contributed by atoms with Gasteiger partial charge < -0.3 is 5.11 Å². The lowest BCUT2D eigenvalue weighted by Crippen LogP contribution is -2.35. The average Bonchev–Trinajstić information content (AvgIpc) is 2.42. The Morgan fingerprint density at radius 2 is 1.65 bits per heavy atom. The van der Waals surface area contributed by atoms with Crippen molar-refractivity contribution in [3.63, 3.8) is 0 Å². The molecular weight excluding hydrogens is 222 g/mol. The zero-order valence-electron chi connectivity index (χ0n) is 9.98. The van der Waals surface area contributed by atoms with Gasteiger partial charge in [-0.05, 0) is 25.7 Å². The first-order valence-electron chi connectivity index (χ1n) is 6.16. The SMILES string of the molecule is O=C(O)CCCCCN1C(=O)CCCCC1=O. The summed E-state index contributed by atoms with van der Waals surface area (Å²) in [5, 5.41) is 8.46. The molecule has 1 heterocycles. The van der Waals surface area contributed by atoms with Crippen molar-refractivity contribution in [3.8, 4) is 0 Å². The van der Waals surface area contributed by atoms with Crippen LogP contribution in [-0.4, -0.2) is 34.3 Å². The third-order valence-corrected chi connectivity index (χ3v) is 2.91. The number of likely N-dealkylation sites (tertiary alicyclic amines) is 1. The molecule has 96 valence electrons. The predicted octanol–water partition coefficient (Wildman–Crippen LogP) is 1.56. The smallest absolute Gasteiger partial charge is 0.303 e. The molecule has 1 saturated heterocycles. The van der Waals surface area contributed by atoms with E-state index in [4.69, 9.17) is 5.11 Å². The quantitative estimate of drug-likeness (QED) is 0.565. The largest absolute Gasteiger partial charge is 0.481 e. The number of carboxylic acid groups (broad SMARTS) is 1. The number of hydrogen-bond donors (Lipinski definition) is 1. The molecule has 0 bridgehead atoms. The van der Waals surface area contributed by atoms with E-state index in [2.05, 4.69) is 0 Å². The Hall–Kier alpha value is -1.39. The van der Waals surface area contributed by atoms with Crippen LogP contribution in [0, 0.1) is 0 Å². The van der Waals surface area contributed by atoms with Gasteiger partial charge in [-0.3, -0.25) is 19.3 Å². The van der Waals surface area contributed by atoms with Crippen molar-refractivity contribution in [2.75, 3.05) is 6.54 Å². The summed E-state index contributed by atoms with van der Waals surface area (Å²) in [7, 11) is 0. The van der Waals surface area contributed by atoms with Gasteiger partial charge in [0.2, 0.25) is 11.8 Å². The van der Waals surface area contributed by atoms with Crippen molar-refractivity contribution in [3.05, 3.63) is 0 Å². The Morgan fingerprint density at radius 3 is 2.18 bits per heavy atom. The van der Waals surface area contributed by atoms with Gasteiger partial charge in [-0.15, -0.1) is 0 Å². The van der Waals surface area contributed by atoms with Gasteiger partial charge in [0.15, 0.2) is 0 Å². The first kappa shape index (κ1) is 13.7. The van der Waals surface area contributed by atoms with Crippen LogP contribution in [0.2, 0.25) is 0 Å². The monoisotopic (exact) mass is 241 g/mol. The Bertz CT molecular complexity index is 283. The van der Waals surface area contributed by atoms with E-state index in [9.17, 15) is 14.4 Å². The molecule has 0 spiro atoms. The van der Waals surface area contributed by atoms with E-state index in [1.165, 1.54) is 4.90 Å². The molecule has 5 nitrogen and oxygen atoms in total. The van der Waals surface area contributed by atoms with E-state index in [0.29, 0.717) is 32.2 Å². The van der Waals surface area contributed by atoms with Gasteiger partial charge in [0.25, 0.3) is 0 Å². The summed E-state index contributed by atoms with van der Waals surface area (Å²) < 4.78 is 0. The molecule has 0 radical (unpaired) electrons. The minimum atomic E-state index is -0.799. The highest BCUT2D eigenvalue weighted by Gasteiger charge is 2.23. The highest BCUT2D eigenvalue weighted by Crippen LogP contribution is 2.13. The molecule has 1 fully saturated rings. The molecule has 0 saturated carbocycles. The van der Waals surface area contributed by atoms with Crippen LogP contribution in [0.3, 0.4) is 0 Å². The fourth-order valence-electron chi connectivity index (χ4n) is 1.93. The fourth-order valence-corrected chi connectivity index (χ4v) is 1.93. The van der Waals surface area contributed by atoms with Crippen LogP contribution in [0.4, 0.5) is 0 Å². The lowest BCUT2D eigenvalue weighted by molar-refractivity contribution is -0.144. The number of amides is 2. The third-order valence-electron chi connectivity index (χ3n) is 2.91. The van der Waals surface area contributed by atoms with Crippen molar-refractivity contribution in [1.82, 2.24) is 4.90 Å². The highest BCUT2D eigenvalue weighted by atomic mass is 16.4. The molecule has 0 aliphatic carbocycles. The van der Waals surface area contributed by atoms with Gasteiger partial charge in [-0.25, -0.2) is 0 Å². The van der Waals surface area contributed by atoms with Gasteiger partial charge in [0.05, 0.1) is 0 Å². The fraction of sp³-hybridized carbons (Fsp3) is 0.750. The molecule has 17 heavy (non-hydrogen) atoms. The normalized spacial score (nSPS) is 17.1. The van der Waals surface area contributed by atoms with Crippen LogP contribution in [0.25, 0.3) is 0 Å². The predicted molar refractivity (Wildman–Crippen MR) is 61.3 cm³/mol. The number of carbonyl (C=O) groups excluding carboxylic acids is 2. The molecule has 1 aliphatic rings. The lowest BCUT2D eigenvalue weighted by atomic mass is 10.2. The van der Waals surface area contributed by atoms with E-state index in [1.807, 2.05) is 0 Å². The van der Waals surface area contributed by atoms with Crippen molar-refractivity contribution < 1.29 is 19.5 Å². The summed E-state index contributed by atoms with van der Waals surface area (Å²) in [6, 6.07) is 0. The molecule has 0 unspecified atom stereocenters. The van der Waals surface area contributed by atoms with E-state index in [1.54, 1.807) is 0 Å². The summed E-state index contributed by atoms with van der Waals surface area (Å²) in [5.74, 6) is -0.955. The standard InChI is InChI=1S/C12H19NO4/c14-10-6-3-4-7-11(15)13(10)9-5-1-2-8-12(16)17/h1-9H2,(H,16,17). The molecular formula is C12H19NO4. The Labute approximate surface area is 101 Å². The van der Waals surface area contributed by atoms with Crippen LogP contribution in [-0.2, 0) is 14.4 Å². The van der Waals surface area contributed by atoms with Gasteiger partial charge in [-0.2, -0.15) is 0 Å². The number of carboxylic acids is 1. The maximum atomic E-state index is 11.6. The first-order chi connectivity index (χ1) is 8.11. The van der Waals surface area contributed by atoms with Crippen LogP contribution >= 0.6 is 0 Å². The van der Waals surface area contributed by atoms with Crippen LogP contribution < -0.4 is 0 Å². The summed E-state index contributed by atoms with van der Waals surface area (Å²) >= 11 is 0. The molecule has 0 aromatic carbocycles. The third kappa shape index (κ3) is 4.97. The summed E-state index contributed by atoms with van der Waals surface area (Å²) in [5.41, 5.74) is 0. The van der Waals surface area contributed by atoms with Gasteiger partial charge in [0.1, 0.15) is 0 Å². The number of imide groups is 1. The second kappa shape index (κ2) is 7.04. The molecule has 0 aromatic rings. The second-order valence-corrected chi connectivity index (χ2v) is 4.35. The Balaban J connectivity index is 2.26. The number of rotatable bonds is 6. The van der Waals surface area contributed by atoms with Crippen LogP contribution in [0.15, 0.2) is 0 Å². The Morgan fingerprint density at radius 1 is 1.06 bits per heavy atom. The van der Waals surface area contributed by atoms with E-state index in [-0.39, 0.29) is 18.2 Å². The zero-order chi connectivity index (χ0) is 12.7. The van der Waals surface area contributed by atoms with Gasteiger partial charge >= 0.3 is 5.97 Å². The number of nitrogens with zero attached hydrogens (tertiary/aromatic N) is 1. The Kier molecular flexibility index (Phi) is 5.66. The van der Waals surface area contributed by atoms with E-state index in [0.717, 1.165) is 19.3 Å². The molecule has 1 rings (SSSR count). The number of hydrogen-bond acceptors (Lipinski definition) is 3. The average molecular weight is 241 g/mol. The number of unbranched alkanes of at least 4 members (excludes halogenated alkanes) is 2. The van der Waals surface area contributed by atoms with E-state index < -0.39 is 5.97 Å². The minimum absolute atomic E-state index is 0.0780. The van der Waals surface area contributed by atoms with Gasteiger partial charge in [-0.1, -0.05) is 6.42 Å². The first-order valence-corrected chi connectivity index (χ1v) is 6.16. The number of carbonyl (C=O) groups is 3.